The average molecular weight is 383 g/mol. The van der Waals surface area contributed by atoms with Crippen molar-refractivity contribution >= 4 is 28.3 Å². The molecule has 4 rings (SSSR count). The van der Waals surface area contributed by atoms with E-state index in [9.17, 15) is 9.59 Å². The Labute approximate surface area is 162 Å². The molecule has 148 valence electrons. The van der Waals surface area contributed by atoms with Crippen molar-refractivity contribution in [3.63, 3.8) is 0 Å². The van der Waals surface area contributed by atoms with Crippen LogP contribution in [0.1, 0.15) is 45.2 Å². The lowest BCUT2D eigenvalue weighted by molar-refractivity contribution is 0.0203. The van der Waals surface area contributed by atoms with Crippen LogP contribution in [0, 0.1) is 0 Å². The van der Waals surface area contributed by atoms with Crippen molar-refractivity contribution in [2.45, 2.75) is 45.1 Å². The number of carbonyl (C=O) groups excluding carboxylic acids is 1. The first-order valence-electron chi connectivity index (χ1n) is 9.50. The molecule has 1 aliphatic rings. The van der Waals surface area contributed by atoms with E-state index in [0.717, 1.165) is 29.4 Å². The van der Waals surface area contributed by atoms with Gasteiger partial charge in [-0.1, -0.05) is 0 Å². The molecule has 0 saturated carbocycles. The van der Waals surface area contributed by atoms with Gasteiger partial charge in [-0.3, -0.25) is 4.79 Å². The third-order valence-electron chi connectivity index (χ3n) is 5.03. The van der Waals surface area contributed by atoms with E-state index in [-0.39, 0.29) is 17.6 Å². The third-order valence-corrected chi connectivity index (χ3v) is 5.03. The Morgan fingerprint density at radius 2 is 1.96 bits per heavy atom. The van der Waals surface area contributed by atoms with Gasteiger partial charge in [0.15, 0.2) is 0 Å². The Hall–Kier alpha value is -3.03. The molecule has 0 unspecified atom stereocenters. The summed E-state index contributed by atoms with van der Waals surface area (Å²) in [6.45, 7) is 6.75. The van der Waals surface area contributed by atoms with Crippen molar-refractivity contribution in [1.29, 1.82) is 0 Å². The number of piperidine rings is 1. The first-order valence-corrected chi connectivity index (χ1v) is 9.50. The van der Waals surface area contributed by atoms with Gasteiger partial charge in [0.2, 0.25) is 0 Å². The molecule has 8 nitrogen and oxygen atoms in total. The first kappa shape index (κ1) is 18.3. The van der Waals surface area contributed by atoms with Gasteiger partial charge in [-0.05, 0) is 51.8 Å². The second kappa shape index (κ2) is 6.54. The number of hydrogen-bond acceptors (Lipinski definition) is 5. The highest BCUT2D eigenvalue weighted by atomic mass is 16.6. The number of nitrogen functional groups attached to an aromatic ring is 1. The largest absolute Gasteiger partial charge is 0.444 e. The summed E-state index contributed by atoms with van der Waals surface area (Å²) in [4.78, 5) is 29.2. The summed E-state index contributed by atoms with van der Waals surface area (Å²) in [5, 5.41) is 5.52. The summed E-state index contributed by atoms with van der Waals surface area (Å²) >= 11 is 0. The second-order valence-electron chi connectivity index (χ2n) is 8.34. The van der Waals surface area contributed by atoms with Gasteiger partial charge in [0.1, 0.15) is 11.2 Å². The molecule has 1 aromatic carbocycles. The SMILES string of the molecule is CC(C)(C)OC(=O)N1CCC(c2cc(=O)[nH]c3c4ccc(N)cc4nn23)CC1. The maximum Gasteiger partial charge on any atom is 0.410 e. The highest BCUT2D eigenvalue weighted by Gasteiger charge is 2.29. The number of nitrogens with one attached hydrogen (secondary N) is 1. The lowest BCUT2D eigenvalue weighted by Crippen LogP contribution is -2.41. The maximum atomic E-state index is 12.3. The number of rotatable bonds is 1. The van der Waals surface area contributed by atoms with Gasteiger partial charge in [0.25, 0.3) is 5.56 Å². The van der Waals surface area contributed by atoms with Crippen LogP contribution in [-0.2, 0) is 4.74 Å². The van der Waals surface area contributed by atoms with Crippen molar-refractivity contribution in [3.8, 4) is 0 Å². The molecule has 0 atom stereocenters. The van der Waals surface area contributed by atoms with E-state index in [1.54, 1.807) is 27.6 Å². The molecule has 0 spiro atoms. The monoisotopic (exact) mass is 383 g/mol. The lowest BCUT2D eigenvalue weighted by atomic mass is 9.93. The number of hydrogen-bond donors (Lipinski definition) is 2. The minimum Gasteiger partial charge on any atom is -0.444 e. The zero-order chi connectivity index (χ0) is 20.1. The molecule has 0 radical (unpaired) electrons. The molecule has 2 aromatic heterocycles. The highest BCUT2D eigenvalue weighted by Crippen LogP contribution is 2.30. The quantitative estimate of drug-likeness (QED) is 0.629. The van der Waals surface area contributed by atoms with Gasteiger partial charge in [0.05, 0.1) is 11.2 Å². The fourth-order valence-corrected chi connectivity index (χ4v) is 3.73. The van der Waals surface area contributed by atoms with E-state index in [1.807, 2.05) is 26.8 Å². The minimum absolute atomic E-state index is 0.134. The van der Waals surface area contributed by atoms with Crippen molar-refractivity contribution < 1.29 is 9.53 Å². The van der Waals surface area contributed by atoms with E-state index < -0.39 is 5.60 Å². The molecule has 28 heavy (non-hydrogen) atoms. The summed E-state index contributed by atoms with van der Waals surface area (Å²) in [6.07, 6.45) is 1.20. The van der Waals surface area contributed by atoms with Crippen LogP contribution < -0.4 is 11.3 Å². The second-order valence-corrected chi connectivity index (χ2v) is 8.34. The van der Waals surface area contributed by atoms with Crippen LogP contribution in [0.2, 0.25) is 0 Å². The fraction of sp³-hybridized carbons (Fsp3) is 0.450. The van der Waals surface area contributed by atoms with E-state index in [1.165, 1.54) is 0 Å². The van der Waals surface area contributed by atoms with Crippen LogP contribution in [0.15, 0.2) is 29.1 Å². The Morgan fingerprint density at radius 1 is 1.25 bits per heavy atom. The lowest BCUT2D eigenvalue weighted by Gasteiger charge is -2.33. The van der Waals surface area contributed by atoms with Crippen LogP contribution in [0.5, 0.6) is 0 Å². The number of aromatic amines is 1. The van der Waals surface area contributed by atoms with Gasteiger partial charge in [0, 0.05) is 36.1 Å². The average Bonchev–Trinajstić information content (AvgIpc) is 2.97. The number of carbonyl (C=O) groups is 1. The topological polar surface area (TPSA) is 106 Å². The van der Waals surface area contributed by atoms with Crippen LogP contribution in [0.4, 0.5) is 10.5 Å². The summed E-state index contributed by atoms with van der Waals surface area (Å²) in [5.74, 6) is 0.134. The van der Waals surface area contributed by atoms with Crippen LogP contribution >= 0.6 is 0 Å². The Bertz CT molecular complexity index is 1100. The van der Waals surface area contributed by atoms with Gasteiger partial charge >= 0.3 is 6.09 Å². The van der Waals surface area contributed by atoms with Crippen molar-refractivity contribution in [2.24, 2.45) is 0 Å². The molecule has 0 bridgehead atoms. The van der Waals surface area contributed by atoms with Crippen LogP contribution in [0.3, 0.4) is 0 Å². The molecule has 1 saturated heterocycles. The number of ether oxygens (including phenoxy) is 1. The van der Waals surface area contributed by atoms with Gasteiger partial charge < -0.3 is 20.4 Å². The number of amides is 1. The molecular weight excluding hydrogens is 358 g/mol. The molecule has 3 aromatic rings. The van der Waals surface area contributed by atoms with Crippen LogP contribution in [-0.4, -0.2) is 44.3 Å². The number of anilines is 1. The number of nitrogens with zero attached hydrogens (tertiary/aromatic N) is 3. The summed E-state index contributed by atoms with van der Waals surface area (Å²) in [5.41, 5.74) is 8.11. The molecule has 1 aliphatic heterocycles. The predicted octanol–water partition coefficient (Wildman–Crippen LogP) is 2.87. The van der Waals surface area contributed by atoms with E-state index in [0.29, 0.717) is 24.4 Å². The fourth-order valence-electron chi connectivity index (χ4n) is 3.73. The van der Waals surface area contributed by atoms with Gasteiger partial charge in [-0.15, -0.1) is 0 Å². The Kier molecular flexibility index (Phi) is 4.28. The first-order chi connectivity index (χ1) is 13.2. The molecule has 3 N–H and O–H groups in total. The third kappa shape index (κ3) is 3.42. The van der Waals surface area contributed by atoms with Gasteiger partial charge in [-0.25, -0.2) is 9.31 Å². The van der Waals surface area contributed by atoms with Crippen molar-refractivity contribution in [1.82, 2.24) is 19.5 Å². The molecule has 1 fully saturated rings. The van der Waals surface area contributed by atoms with E-state index >= 15 is 0 Å². The van der Waals surface area contributed by atoms with Crippen molar-refractivity contribution in [2.75, 3.05) is 18.8 Å². The standard InChI is InChI=1S/C20H25N5O3/c1-20(2,3)28-19(27)24-8-6-12(7-9-24)16-11-17(26)22-18-14-5-4-13(21)10-15(14)23-25(16)18/h4-5,10-12H,6-9,21H2,1-3H3,(H,22,26). The van der Waals surface area contributed by atoms with E-state index in [4.69, 9.17) is 10.5 Å². The Balaban J connectivity index is 1.63. The van der Waals surface area contributed by atoms with Crippen molar-refractivity contribution in [3.05, 3.63) is 40.3 Å². The number of aromatic nitrogens is 3. The summed E-state index contributed by atoms with van der Waals surface area (Å²) in [7, 11) is 0. The number of fused-ring (bicyclic) bond motifs is 3. The van der Waals surface area contributed by atoms with Crippen LogP contribution in [0.25, 0.3) is 16.6 Å². The minimum atomic E-state index is -0.510. The maximum absolute atomic E-state index is 12.3. The number of nitrogens with two attached hydrogens (primary N) is 1. The number of benzene rings is 1. The highest BCUT2D eigenvalue weighted by molar-refractivity contribution is 5.93. The molecular formula is C20H25N5O3. The molecule has 1 amide bonds. The summed E-state index contributed by atoms with van der Waals surface area (Å²) in [6, 6.07) is 7.08. The zero-order valence-corrected chi connectivity index (χ0v) is 16.4. The molecule has 8 heteroatoms. The molecule has 3 heterocycles. The number of likely N-dealkylation sites (tertiary alicyclic amines) is 1. The smallest absolute Gasteiger partial charge is 0.410 e. The van der Waals surface area contributed by atoms with E-state index in [2.05, 4.69) is 10.1 Å². The Morgan fingerprint density at radius 3 is 2.64 bits per heavy atom. The predicted molar refractivity (Wildman–Crippen MR) is 108 cm³/mol. The molecule has 0 aliphatic carbocycles. The summed E-state index contributed by atoms with van der Waals surface area (Å²) < 4.78 is 7.27. The van der Waals surface area contributed by atoms with Gasteiger partial charge in [-0.2, -0.15) is 5.10 Å². The normalized spacial score (nSPS) is 16.0. The zero-order valence-electron chi connectivity index (χ0n) is 16.4. The number of H-pyrrole nitrogens is 1.